The van der Waals surface area contributed by atoms with Gasteiger partial charge in [-0.2, -0.15) is 0 Å². The number of carbonyl (C=O) groups is 2. The molecule has 0 N–H and O–H groups in total. The van der Waals surface area contributed by atoms with Crippen LogP contribution in [0.1, 0.15) is 27.2 Å². The van der Waals surface area contributed by atoms with Gasteiger partial charge in [-0.25, -0.2) is 0 Å². The molecule has 3 heteroatoms. The third-order valence-electron chi connectivity index (χ3n) is 1.47. The maximum Gasteiger partial charge on any atom is 0.189 e. The Morgan fingerprint density at radius 1 is 1.45 bits per heavy atom. The van der Waals surface area contributed by atoms with Crippen LogP contribution in [0.5, 0.6) is 0 Å². The predicted molar refractivity (Wildman–Crippen MR) is 47.6 cm³/mol. The summed E-state index contributed by atoms with van der Waals surface area (Å²) in [5.41, 5.74) is 0. The molecule has 0 aliphatic heterocycles. The molecule has 0 spiro atoms. The molecule has 0 aliphatic rings. The number of Topliss-reactive ketones (excluding diaryl/α,β-unsaturated/α-hetero) is 1. The Balaban J connectivity index is 3.66. The van der Waals surface area contributed by atoms with Crippen molar-refractivity contribution in [3.05, 3.63) is 0 Å². The van der Waals surface area contributed by atoms with E-state index in [0.717, 1.165) is 5.75 Å². The van der Waals surface area contributed by atoms with Gasteiger partial charge in [0.15, 0.2) is 5.12 Å². The fraction of sp³-hybridized carbons (Fsp3) is 0.750. The summed E-state index contributed by atoms with van der Waals surface area (Å²) in [7, 11) is 0. The van der Waals surface area contributed by atoms with Gasteiger partial charge in [0.2, 0.25) is 0 Å². The van der Waals surface area contributed by atoms with Crippen LogP contribution in [0.15, 0.2) is 0 Å². The molecule has 0 aromatic heterocycles. The Labute approximate surface area is 71.7 Å². The van der Waals surface area contributed by atoms with Gasteiger partial charge in [-0.15, -0.1) is 0 Å². The van der Waals surface area contributed by atoms with Crippen LogP contribution in [-0.2, 0) is 9.59 Å². The molecule has 0 fully saturated rings. The summed E-state index contributed by atoms with van der Waals surface area (Å²) in [5.74, 6) is 0.778. The van der Waals surface area contributed by atoms with Crippen LogP contribution in [0.3, 0.4) is 0 Å². The summed E-state index contributed by atoms with van der Waals surface area (Å²) in [6.45, 7) is 5.24. The molecule has 0 amide bonds. The lowest BCUT2D eigenvalue weighted by molar-refractivity contribution is -0.123. The van der Waals surface area contributed by atoms with Gasteiger partial charge in [-0.3, -0.25) is 9.59 Å². The normalized spacial score (nSPS) is 12.6. The minimum atomic E-state index is -0.110. The van der Waals surface area contributed by atoms with Crippen molar-refractivity contribution in [2.75, 3.05) is 5.75 Å². The van der Waals surface area contributed by atoms with Gasteiger partial charge in [0.1, 0.15) is 5.78 Å². The molecule has 11 heavy (non-hydrogen) atoms. The van der Waals surface area contributed by atoms with Gasteiger partial charge in [0.25, 0.3) is 0 Å². The maximum absolute atomic E-state index is 11.0. The van der Waals surface area contributed by atoms with E-state index in [0.29, 0.717) is 6.42 Å². The molecule has 0 aliphatic carbocycles. The van der Waals surface area contributed by atoms with E-state index in [2.05, 4.69) is 0 Å². The Morgan fingerprint density at radius 3 is 2.36 bits per heavy atom. The molecule has 64 valence electrons. The highest BCUT2D eigenvalue weighted by atomic mass is 32.2. The Hall–Kier alpha value is -0.310. The van der Waals surface area contributed by atoms with E-state index in [-0.39, 0.29) is 16.8 Å². The van der Waals surface area contributed by atoms with Crippen LogP contribution in [-0.4, -0.2) is 16.7 Å². The summed E-state index contributed by atoms with van der Waals surface area (Å²) in [6.07, 6.45) is 0.383. The van der Waals surface area contributed by atoms with E-state index in [4.69, 9.17) is 0 Å². The lowest BCUT2D eigenvalue weighted by Gasteiger charge is -2.03. The summed E-state index contributed by atoms with van der Waals surface area (Å²) < 4.78 is 0. The third kappa shape index (κ3) is 5.01. The number of thioether (sulfide) groups is 1. The van der Waals surface area contributed by atoms with Crippen molar-refractivity contribution in [1.29, 1.82) is 0 Å². The molecule has 0 saturated carbocycles. The first-order chi connectivity index (χ1) is 5.07. The van der Waals surface area contributed by atoms with Crippen molar-refractivity contribution in [3.8, 4) is 0 Å². The number of ketones is 1. The molecular formula is C8H14O2S. The standard InChI is InChI=1S/C8H14O2S/c1-4-11-8(10)5-6(2)7(3)9/h6H,4-5H2,1-3H3. The van der Waals surface area contributed by atoms with Crippen molar-refractivity contribution in [1.82, 2.24) is 0 Å². The fourth-order valence-corrected chi connectivity index (χ4v) is 1.30. The minimum Gasteiger partial charge on any atom is -0.300 e. The smallest absolute Gasteiger partial charge is 0.189 e. The monoisotopic (exact) mass is 174 g/mol. The number of hydrogen-bond donors (Lipinski definition) is 0. The Bertz CT molecular complexity index is 154. The van der Waals surface area contributed by atoms with Gasteiger partial charge < -0.3 is 0 Å². The molecule has 2 nitrogen and oxygen atoms in total. The SMILES string of the molecule is CCSC(=O)CC(C)C(C)=O. The fourth-order valence-electron chi connectivity index (χ4n) is 0.614. The second-order valence-corrected chi connectivity index (χ2v) is 3.84. The van der Waals surface area contributed by atoms with Crippen LogP contribution in [0, 0.1) is 5.92 Å². The van der Waals surface area contributed by atoms with Gasteiger partial charge in [0, 0.05) is 12.3 Å². The highest BCUT2D eigenvalue weighted by molar-refractivity contribution is 8.13. The van der Waals surface area contributed by atoms with Crippen LogP contribution >= 0.6 is 11.8 Å². The van der Waals surface area contributed by atoms with Gasteiger partial charge in [-0.1, -0.05) is 25.6 Å². The zero-order chi connectivity index (χ0) is 8.85. The highest BCUT2D eigenvalue weighted by Gasteiger charge is 2.12. The van der Waals surface area contributed by atoms with Crippen LogP contribution in [0.4, 0.5) is 0 Å². The van der Waals surface area contributed by atoms with Crippen molar-refractivity contribution in [2.24, 2.45) is 5.92 Å². The van der Waals surface area contributed by atoms with Gasteiger partial charge >= 0.3 is 0 Å². The maximum atomic E-state index is 11.0. The first-order valence-electron chi connectivity index (χ1n) is 3.74. The second kappa shape index (κ2) is 5.35. The van der Waals surface area contributed by atoms with E-state index in [9.17, 15) is 9.59 Å². The van der Waals surface area contributed by atoms with Crippen molar-refractivity contribution < 1.29 is 9.59 Å². The molecule has 0 aromatic carbocycles. The lowest BCUT2D eigenvalue weighted by Crippen LogP contribution is -2.10. The summed E-state index contributed by atoms with van der Waals surface area (Å²) in [6, 6.07) is 0. The van der Waals surface area contributed by atoms with Gasteiger partial charge in [-0.05, 0) is 12.7 Å². The van der Waals surface area contributed by atoms with Crippen molar-refractivity contribution >= 4 is 22.7 Å². The van der Waals surface area contributed by atoms with E-state index in [1.165, 1.54) is 18.7 Å². The second-order valence-electron chi connectivity index (χ2n) is 2.52. The molecular weight excluding hydrogens is 160 g/mol. The zero-order valence-electron chi connectivity index (χ0n) is 7.22. The van der Waals surface area contributed by atoms with Crippen LogP contribution in [0.2, 0.25) is 0 Å². The summed E-state index contributed by atoms with van der Waals surface area (Å²) in [4.78, 5) is 21.7. The quantitative estimate of drug-likeness (QED) is 0.652. The lowest BCUT2D eigenvalue weighted by atomic mass is 10.1. The Kier molecular flexibility index (Phi) is 5.20. The van der Waals surface area contributed by atoms with Gasteiger partial charge in [0.05, 0.1) is 0 Å². The molecule has 0 saturated heterocycles. The van der Waals surface area contributed by atoms with Crippen molar-refractivity contribution in [2.45, 2.75) is 27.2 Å². The van der Waals surface area contributed by atoms with Crippen molar-refractivity contribution in [3.63, 3.8) is 0 Å². The molecule has 0 heterocycles. The van der Waals surface area contributed by atoms with E-state index in [1.54, 1.807) is 6.92 Å². The van der Waals surface area contributed by atoms with E-state index in [1.807, 2.05) is 6.92 Å². The average molecular weight is 174 g/mol. The average Bonchev–Trinajstić information content (AvgIpc) is 1.87. The topological polar surface area (TPSA) is 34.1 Å². The Morgan fingerprint density at radius 2 is 2.00 bits per heavy atom. The molecule has 1 atom stereocenters. The molecule has 0 bridgehead atoms. The van der Waals surface area contributed by atoms with E-state index >= 15 is 0 Å². The molecule has 0 aromatic rings. The summed E-state index contributed by atoms with van der Waals surface area (Å²) in [5, 5.41) is 0.121. The summed E-state index contributed by atoms with van der Waals surface area (Å²) >= 11 is 1.29. The molecule has 1 unspecified atom stereocenters. The van der Waals surface area contributed by atoms with Crippen LogP contribution < -0.4 is 0 Å². The highest BCUT2D eigenvalue weighted by Crippen LogP contribution is 2.11. The first-order valence-corrected chi connectivity index (χ1v) is 4.72. The molecule has 0 radical (unpaired) electrons. The number of hydrogen-bond acceptors (Lipinski definition) is 3. The predicted octanol–water partition coefficient (Wildman–Crippen LogP) is 1.88. The largest absolute Gasteiger partial charge is 0.300 e. The minimum absolute atomic E-state index is 0.0926. The first kappa shape index (κ1) is 10.7. The van der Waals surface area contributed by atoms with Crippen LogP contribution in [0.25, 0.3) is 0 Å². The number of rotatable bonds is 4. The third-order valence-corrected chi connectivity index (χ3v) is 2.25. The zero-order valence-corrected chi connectivity index (χ0v) is 8.03. The number of carbonyl (C=O) groups excluding carboxylic acids is 2. The molecule has 0 rings (SSSR count). The van der Waals surface area contributed by atoms with E-state index < -0.39 is 0 Å².